The van der Waals surface area contributed by atoms with Crippen LogP contribution in [0.3, 0.4) is 0 Å². The first kappa shape index (κ1) is 13.3. The second-order valence-electron chi connectivity index (χ2n) is 3.85. The summed E-state index contributed by atoms with van der Waals surface area (Å²) in [5.41, 5.74) is 6.54. The largest absolute Gasteiger partial charge is 0.496 e. The van der Waals surface area contributed by atoms with Gasteiger partial charge in [0.1, 0.15) is 5.75 Å². The van der Waals surface area contributed by atoms with Crippen LogP contribution in [0.2, 0.25) is 0 Å². The summed E-state index contributed by atoms with van der Waals surface area (Å²) in [6.07, 6.45) is 0.510. The first-order valence-corrected chi connectivity index (χ1v) is 5.43. The molecule has 1 atom stereocenters. The molecule has 0 saturated carbocycles. The van der Waals surface area contributed by atoms with Crippen LogP contribution in [0.5, 0.6) is 5.75 Å². The molecule has 94 valence electrons. The van der Waals surface area contributed by atoms with E-state index in [1.54, 1.807) is 18.2 Å². The zero-order valence-corrected chi connectivity index (χ0v) is 10.1. The van der Waals surface area contributed by atoms with Crippen LogP contribution < -0.4 is 15.8 Å². The summed E-state index contributed by atoms with van der Waals surface area (Å²) in [6.45, 7) is 1.86. The molecular formula is C12H18N2O3. The van der Waals surface area contributed by atoms with Crippen molar-refractivity contribution >= 4 is 11.6 Å². The molecule has 5 heteroatoms. The van der Waals surface area contributed by atoms with E-state index in [0.29, 0.717) is 23.4 Å². The van der Waals surface area contributed by atoms with E-state index < -0.39 is 0 Å². The minimum Gasteiger partial charge on any atom is -0.496 e. The average Bonchev–Trinajstić information content (AvgIpc) is 2.29. The van der Waals surface area contributed by atoms with Gasteiger partial charge in [0.25, 0.3) is 5.91 Å². The molecule has 0 fully saturated rings. The molecule has 5 nitrogen and oxygen atoms in total. The maximum atomic E-state index is 11.9. The number of aliphatic hydroxyl groups excluding tert-OH is 1. The Hall–Kier alpha value is -1.75. The Bertz CT molecular complexity index is 393. The number of methoxy groups -OCH3 is 1. The highest BCUT2D eigenvalue weighted by atomic mass is 16.5. The van der Waals surface area contributed by atoms with Gasteiger partial charge in [0.2, 0.25) is 0 Å². The van der Waals surface area contributed by atoms with E-state index in [-0.39, 0.29) is 18.6 Å². The summed E-state index contributed by atoms with van der Waals surface area (Å²) < 4.78 is 5.10. The summed E-state index contributed by atoms with van der Waals surface area (Å²) in [5.74, 6) is 0.225. The standard InChI is InChI=1S/C12H18N2O3/c1-8(5-6-15)14-12(16)10-7-9(13)3-4-11(10)17-2/h3-4,7-8,15H,5-6,13H2,1-2H3,(H,14,16). The lowest BCUT2D eigenvalue weighted by Crippen LogP contribution is -2.33. The zero-order chi connectivity index (χ0) is 12.8. The van der Waals surface area contributed by atoms with Gasteiger partial charge in [0.05, 0.1) is 12.7 Å². The van der Waals surface area contributed by atoms with E-state index in [9.17, 15) is 4.79 Å². The van der Waals surface area contributed by atoms with Crippen molar-refractivity contribution in [2.45, 2.75) is 19.4 Å². The number of benzene rings is 1. The number of ether oxygens (including phenoxy) is 1. The van der Waals surface area contributed by atoms with Crippen molar-refractivity contribution in [1.82, 2.24) is 5.32 Å². The number of aliphatic hydroxyl groups is 1. The van der Waals surface area contributed by atoms with Crippen LogP contribution in [-0.4, -0.2) is 30.8 Å². The number of nitrogens with two attached hydrogens (primary N) is 1. The van der Waals surface area contributed by atoms with Gasteiger partial charge in [-0.25, -0.2) is 0 Å². The Morgan fingerprint density at radius 3 is 2.88 bits per heavy atom. The number of hydrogen-bond acceptors (Lipinski definition) is 4. The lowest BCUT2D eigenvalue weighted by molar-refractivity contribution is 0.0931. The molecule has 17 heavy (non-hydrogen) atoms. The monoisotopic (exact) mass is 238 g/mol. The summed E-state index contributed by atoms with van der Waals surface area (Å²) in [5, 5.41) is 11.5. The highest BCUT2D eigenvalue weighted by Gasteiger charge is 2.14. The van der Waals surface area contributed by atoms with Gasteiger partial charge in [0, 0.05) is 18.3 Å². The summed E-state index contributed by atoms with van der Waals surface area (Å²) in [7, 11) is 1.50. The van der Waals surface area contributed by atoms with Gasteiger partial charge < -0.3 is 20.9 Å². The van der Waals surface area contributed by atoms with Crippen LogP contribution in [0.1, 0.15) is 23.7 Å². The number of anilines is 1. The van der Waals surface area contributed by atoms with Gasteiger partial charge in [-0.3, -0.25) is 4.79 Å². The smallest absolute Gasteiger partial charge is 0.255 e. The molecule has 0 aromatic heterocycles. The average molecular weight is 238 g/mol. The van der Waals surface area contributed by atoms with Gasteiger partial charge in [-0.1, -0.05) is 0 Å². The van der Waals surface area contributed by atoms with Crippen molar-refractivity contribution < 1.29 is 14.6 Å². The highest BCUT2D eigenvalue weighted by Crippen LogP contribution is 2.21. The maximum absolute atomic E-state index is 11.9. The van der Waals surface area contributed by atoms with E-state index in [0.717, 1.165) is 0 Å². The fourth-order valence-electron chi connectivity index (χ4n) is 1.47. The van der Waals surface area contributed by atoms with Crippen molar-refractivity contribution in [3.8, 4) is 5.75 Å². The topological polar surface area (TPSA) is 84.6 Å². The van der Waals surface area contributed by atoms with Gasteiger partial charge >= 0.3 is 0 Å². The van der Waals surface area contributed by atoms with E-state index in [2.05, 4.69) is 5.32 Å². The molecule has 4 N–H and O–H groups in total. The van der Waals surface area contributed by atoms with Crippen LogP contribution in [-0.2, 0) is 0 Å². The predicted molar refractivity (Wildman–Crippen MR) is 66.0 cm³/mol. The molecule has 1 aromatic carbocycles. The number of hydrogen-bond donors (Lipinski definition) is 3. The van der Waals surface area contributed by atoms with Gasteiger partial charge in [-0.15, -0.1) is 0 Å². The number of carbonyl (C=O) groups is 1. The van der Waals surface area contributed by atoms with Gasteiger partial charge in [-0.2, -0.15) is 0 Å². The quantitative estimate of drug-likeness (QED) is 0.662. The van der Waals surface area contributed by atoms with Crippen LogP contribution in [0.4, 0.5) is 5.69 Å². The minimum absolute atomic E-state index is 0.0372. The molecule has 1 amide bonds. The Labute approximate surface area is 101 Å². The Morgan fingerprint density at radius 1 is 1.59 bits per heavy atom. The van der Waals surface area contributed by atoms with E-state index in [1.807, 2.05) is 6.92 Å². The highest BCUT2D eigenvalue weighted by molar-refractivity contribution is 5.98. The minimum atomic E-state index is -0.255. The zero-order valence-electron chi connectivity index (χ0n) is 10.1. The van der Waals surface area contributed by atoms with Crippen LogP contribution in [0, 0.1) is 0 Å². The number of amides is 1. The van der Waals surface area contributed by atoms with Crippen LogP contribution in [0.25, 0.3) is 0 Å². The van der Waals surface area contributed by atoms with Crippen molar-refractivity contribution in [3.63, 3.8) is 0 Å². The van der Waals surface area contributed by atoms with E-state index >= 15 is 0 Å². The number of nitrogens with one attached hydrogen (secondary N) is 1. The lowest BCUT2D eigenvalue weighted by Gasteiger charge is -2.14. The third-order valence-electron chi connectivity index (χ3n) is 2.41. The first-order valence-electron chi connectivity index (χ1n) is 5.43. The lowest BCUT2D eigenvalue weighted by atomic mass is 10.1. The molecule has 0 spiro atoms. The molecular weight excluding hydrogens is 220 g/mol. The van der Waals surface area contributed by atoms with E-state index in [4.69, 9.17) is 15.6 Å². The molecule has 0 aliphatic heterocycles. The summed E-state index contributed by atoms with van der Waals surface area (Å²) >= 11 is 0. The van der Waals surface area contributed by atoms with Crippen molar-refractivity contribution in [1.29, 1.82) is 0 Å². The molecule has 1 aromatic rings. The fraction of sp³-hybridized carbons (Fsp3) is 0.417. The second-order valence-corrected chi connectivity index (χ2v) is 3.85. The third-order valence-corrected chi connectivity index (χ3v) is 2.41. The Balaban J connectivity index is 2.83. The summed E-state index contributed by atoms with van der Waals surface area (Å²) in [6, 6.07) is 4.80. The number of carbonyl (C=O) groups excluding carboxylic acids is 1. The second kappa shape index (κ2) is 6.10. The molecule has 0 aliphatic rings. The molecule has 0 aliphatic carbocycles. The predicted octanol–water partition coefficient (Wildman–Crippen LogP) is 0.778. The number of nitrogen functional groups attached to an aromatic ring is 1. The molecule has 0 bridgehead atoms. The molecule has 0 heterocycles. The van der Waals surface area contributed by atoms with Crippen LogP contribution in [0.15, 0.2) is 18.2 Å². The third kappa shape index (κ3) is 3.64. The Morgan fingerprint density at radius 2 is 2.29 bits per heavy atom. The molecule has 1 rings (SSSR count). The van der Waals surface area contributed by atoms with E-state index in [1.165, 1.54) is 7.11 Å². The van der Waals surface area contributed by atoms with Crippen LogP contribution >= 0.6 is 0 Å². The molecule has 0 saturated heterocycles. The summed E-state index contributed by atoms with van der Waals surface area (Å²) in [4.78, 5) is 11.9. The molecule has 1 unspecified atom stereocenters. The van der Waals surface area contributed by atoms with Gasteiger partial charge in [0.15, 0.2) is 0 Å². The Kier molecular flexibility index (Phi) is 4.78. The van der Waals surface area contributed by atoms with Gasteiger partial charge in [-0.05, 0) is 31.5 Å². The molecule has 0 radical (unpaired) electrons. The first-order chi connectivity index (χ1) is 8.08. The maximum Gasteiger partial charge on any atom is 0.255 e. The number of rotatable bonds is 5. The van der Waals surface area contributed by atoms with Crippen molar-refractivity contribution in [2.24, 2.45) is 0 Å². The van der Waals surface area contributed by atoms with Crippen molar-refractivity contribution in [3.05, 3.63) is 23.8 Å². The van der Waals surface area contributed by atoms with Crippen molar-refractivity contribution in [2.75, 3.05) is 19.5 Å². The fourth-order valence-corrected chi connectivity index (χ4v) is 1.47. The SMILES string of the molecule is COc1ccc(N)cc1C(=O)NC(C)CCO. The normalized spacial score (nSPS) is 11.9.